The second-order valence-corrected chi connectivity index (χ2v) is 5.11. The maximum Gasteiger partial charge on any atom is 0.433 e. The van der Waals surface area contributed by atoms with Crippen molar-refractivity contribution >= 4 is 17.0 Å². The number of aromatic nitrogens is 2. The van der Waals surface area contributed by atoms with Crippen LogP contribution in [-0.2, 0) is 13.0 Å². The topological polar surface area (TPSA) is 76.1 Å². The van der Waals surface area contributed by atoms with E-state index >= 15 is 0 Å². The predicted molar refractivity (Wildman–Crippen MR) is 87.2 cm³/mol. The molecule has 1 aromatic heterocycles. The van der Waals surface area contributed by atoms with Gasteiger partial charge in [-0.15, -0.1) is 0 Å². The lowest BCUT2D eigenvalue weighted by Crippen LogP contribution is -2.36. The Balaban J connectivity index is 1.69. The van der Waals surface area contributed by atoms with E-state index in [1.165, 1.54) is 0 Å². The van der Waals surface area contributed by atoms with E-state index in [4.69, 9.17) is 4.84 Å². The number of aryl methyl sites for hydroxylation is 1. The second-order valence-electron chi connectivity index (χ2n) is 5.11. The Morgan fingerprint density at radius 3 is 2.57 bits per heavy atom. The molecule has 0 saturated carbocycles. The highest BCUT2D eigenvalue weighted by Crippen LogP contribution is 2.09. The Morgan fingerprint density at radius 1 is 1.13 bits per heavy atom. The van der Waals surface area contributed by atoms with Crippen molar-refractivity contribution in [1.29, 1.82) is 0 Å². The van der Waals surface area contributed by atoms with E-state index in [0.29, 0.717) is 17.4 Å². The van der Waals surface area contributed by atoms with E-state index in [2.05, 4.69) is 17.3 Å². The average Bonchev–Trinajstić information content (AvgIpc) is 2.89. The summed E-state index contributed by atoms with van der Waals surface area (Å²) in [6.45, 7) is 2.40. The molecule has 0 unspecified atom stereocenters. The van der Waals surface area contributed by atoms with Crippen molar-refractivity contribution in [1.82, 2.24) is 15.3 Å². The van der Waals surface area contributed by atoms with Crippen LogP contribution in [0, 0.1) is 0 Å². The van der Waals surface area contributed by atoms with Gasteiger partial charge >= 0.3 is 11.7 Å². The van der Waals surface area contributed by atoms with Gasteiger partial charge in [0.25, 0.3) is 0 Å². The summed E-state index contributed by atoms with van der Waals surface area (Å²) < 4.78 is 0. The third-order valence-corrected chi connectivity index (χ3v) is 3.66. The predicted octanol–water partition coefficient (Wildman–Crippen LogP) is 2.23. The van der Waals surface area contributed by atoms with Crippen LogP contribution in [0.1, 0.15) is 18.1 Å². The summed E-state index contributed by atoms with van der Waals surface area (Å²) in [5, 5.41) is 5.86. The van der Waals surface area contributed by atoms with Crippen LogP contribution in [0.25, 0.3) is 10.9 Å². The van der Waals surface area contributed by atoms with Crippen molar-refractivity contribution in [2.75, 3.05) is 0 Å². The Labute approximate surface area is 132 Å². The number of carbonyl (C=O) groups excluding carboxylic acids is 1. The first-order valence-electron chi connectivity index (χ1n) is 7.41. The molecule has 2 aromatic carbocycles. The number of hydrogen-bond donors (Lipinski definition) is 2. The van der Waals surface area contributed by atoms with Crippen LogP contribution in [0.15, 0.2) is 53.3 Å². The number of benzene rings is 2. The molecule has 0 radical (unpaired) electrons. The molecule has 0 aliphatic heterocycles. The summed E-state index contributed by atoms with van der Waals surface area (Å²) in [4.78, 5) is 29.8. The quantitative estimate of drug-likeness (QED) is 0.776. The first-order chi connectivity index (χ1) is 11.2. The summed E-state index contributed by atoms with van der Waals surface area (Å²) in [6, 6.07) is 14.8. The van der Waals surface area contributed by atoms with Crippen LogP contribution in [-0.4, -0.2) is 16.0 Å². The lowest BCUT2D eigenvalue weighted by atomic mass is 10.1. The lowest BCUT2D eigenvalue weighted by Gasteiger charge is -2.09. The largest absolute Gasteiger partial charge is 0.433 e. The van der Waals surface area contributed by atoms with Crippen LogP contribution < -0.4 is 15.7 Å². The molecule has 0 saturated heterocycles. The zero-order valence-electron chi connectivity index (χ0n) is 12.7. The van der Waals surface area contributed by atoms with E-state index in [-0.39, 0.29) is 0 Å². The number of amides is 1. The van der Waals surface area contributed by atoms with Crippen molar-refractivity contribution < 1.29 is 9.63 Å². The molecule has 3 aromatic rings. The number of rotatable bonds is 4. The number of hydrogen-bond acceptors (Lipinski definition) is 3. The average molecular weight is 311 g/mol. The van der Waals surface area contributed by atoms with Gasteiger partial charge in [0.2, 0.25) is 0 Å². The third kappa shape index (κ3) is 3.11. The fraction of sp³-hybridized carbons (Fsp3) is 0.176. The van der Waals surface area contributed by atoms with Gasteiger partial charge in [0, 0.05) is 6.54 Å². The van der Waals surface area contributed by atoms with E-state index in [1.807, 2.05) is 24.3 Å². The molecule has 1 amide bonds. The molecule has 0 aliphatic rings. The third-order valence-electron chi connectivity index (χ3n) is 3.66. The Bertz CT molecular complexity index is 895. The monoisotopic (exact) mass is 311 g/mol. The number of carbonyl (C=O) groups is 1. The zero-order valence-corrected chi connectivity index (χ0v) is 12.7. The van der Waals surface area contributed by atoms with Crippen LogP contribution >= 0.6 is 0 Å². The summed E-state index contributed by atoms with van der Waals surface area (Å²) in [6.07, 6.45) is 0.193. The first-order valence-corrected chi connectivity index (χ1v) is 7.41. The second kappa shape index (κ2) is 6.39. The summed E-state index contributed by atoms with van der Waals surface area (Å²) in [5.41, 5.74) is 2.40. The molecule has 0 spiro atoms. The Morgan fingerprint density at radius 2 is 1.83 bits per heavy atom. The fourth-order valence-electron chi connectivity index (χ4n) is 2.46. The van der Waals surface area contributed by atoms with Crippen LogP contribution in [0.3, 0.4) is 0 Å². The normalized spacial score (nSPS) is 10.7. The molecule has 6 nitrogen and oxygen atoms in total. The highest BCUT2D eigenvalue weighted by molar-refractivity contribution is 5.77. The van der Waals surface area contributed by atoms with Gasteiger partial charge in [0.15, 0.2) is 0 Å². The fourth-order valence-corrected chi connectivity index (χ4v) is 2.46. The number of nitrogens with one attached hydrogen (secondary N) is 2. The van der Waals surface area contributed by atoms with Gasteiger partial charge in [0.1, 0.15) is 0 Å². The molecule has 0 aliphatic carbocycles. The van der Waals surface area contributed by atoms with Gasteiger partial charge < -0.3 is 5.32 Å². The molecule has 118 valence electrons. The molecule has 2 N–H and O–H groups in total. The smallest absolute Gasteiger partial charge is 0.316 e. The SMILES string of the molecule is CCc1ccccc1CNC(=O)On1[nH]c2ccccc2c1=O. The Hall–Kier alpha value is -3.02. The number of H-pyrrole nitrogens is 1. The molecular weight excluding hydrogens is 294 g/mol. The maximum atomic E-state index is 12.1. The zero-order chi connectivity index (χ0) is 16.2. The number of aromatic amines is 1. The van der Waals surface area contributed by atoms with Crippen molar-refractivity contribution in [2.24, 2.45) is 0 Å². The number of para-hydroxylation sites is 1. The highest BCUT2D eigenvalue weighted by atomic mass is 16.7. The van der Waals surface area contributed by atoms with Crippen molar-refractivity contribution in [3.8, 4) is 0 Å². The maximum absolute atomic E-state index is 12.1. The lowest BCUT2D eigenvalue weighted by molar-refractivity contribution is 0.112. The minimum absolute atomic E-state index is 0.345. The molecule has 23 heavy (non-hydrogen) atoms. The molecule has 0 atom stereocenters. The standard InChI is InChI=1S/C17H17N3O3/c1-2-12-7-3-4-8-13(12)11-18-17(22)23-20-16(21)14-9-5-6-10-15(14)19-20/h3-10,19H,2,11H2,1H3,(H,18,22). The molecule has 0 fully saturated rings. The minimum Gasteiger partial charge on any atom is -0.316 e. The minimum atomic E-state index is -0.690. The van der Waals surface area contributed by atoms with Crippen molar-refractivity contribution in [3.63, 3.8) is 0 Å². The van der Waals surface area contributed by atoms with Gasteiger partial charge in [-0.3, -0.25) is 14.7 Å². The Kier molecular flexibility index (Phi) is 4.14. The van der Waals surface area contributed by atoms with Gasteiger partial charge in [-0.1, -0.05) is 48.2 Å². The van der Waals surface area contributed by atoms with Crippen LogP contribution in [0.2, 0.25) is 0 Å². The highest BCUT2D eigenvalue weighted by Gasteiger charge is 2.11. The number of fused-ring (bicyclic) bond motifs is 1. The number of nitrogens with zero attached hydrogens (tertiary/aromatic N) is 1. The van der Waals surface area contributed by atoms with Gasteiger partial charge in [-0.05, 0) is 29.7 Å². The summed E-state index contributed by atoms with van der Waals surface area (Å²) >= 11 is 0. The van der Waals surface area contributed by atoms with E-state index in [9.17, 15) is 9.59 Å². The van der Waals surface area contributed by atoms with Gasteiger partial charge in [-0.2, -0.15) is 0 Å². The molecular formula is C17H17N3O3. The summed E-state index contributed by atoms with van der Waals surface area (Å²) in [7, 11) is 0. The molecule has 3 rings (SSSR count). The van der Waals surface area contributed by atoms with E-state index in [0.717, 1.165) is 22.4 Å². The van der Waals surface area contributed by atoms with E-state index < -0.39 is 11.7 Å². The van der Waals surface area contributed by atoms with Crippen LogP contribution in [0.4, 0.5) is 4.79 Å². The van der Waals surface area contributed by atoms with Gasteiger partial charge in [0.05, 0.1) is 10.9 Å². The molecule has 0 bridgehead atoms. The van der Waals surface area contributed by atoms with E-state index in [1.54, 1.807) is 24.3 Å². The van der Waals surface area contributed by atoms with Crippen molar-refractivity contribution in [2.45, 2.75) is 19.9 Å². The van der Waals surface area contributed by atoms with Crippen molar-refractivity contribution in [3.05, 3.63) is 70.0 Å². The molecule has 6 heteroatoms. The van der Waals surface area contributed by atoms with Crippen LogP contribution in [0.5, 0.6) is 0 Å². The van der Waals surface area contributed by atoms with Gasteiger partial charge in [-0.25, -0.2) is 4.79 Å². The first kappa shape index (κ1) is 14.9. The summed E-state index contributed by atoms with van der Waals surface area (Å²) in [5.74, 6) is 0. The molecule has 1 heterocycles.